The largest absolute Gasteiger partial charge is 0.494 e. The molecule has 0 aliphatic rings. The van der Waals surface area contributed by atoms with Gasteiger partial charge >= 0.3 is 0 Å². The van der Waals surface area contributed by atoms with Crippen molar-refractivity contribution in [1.29, 1.82) is 0 Å². The van der Waals surface area contributed by atoms with Crippen molar-refractivity contribution >= 4 is 50.7 Å². The lowest BCUT2D eigenvalue weighted by molar-refractivity contribution is 0.0866. The molecule has 2 rings (SSSR count). The molecule has 0 saturated carbocycles. The minimum Gasteiger partial charge on any atom is -0.494 e. The van der Waals surface area contributed by atoms with Gasteiger partial charge in [-0.2, -0.15) is 5.10 Å². The average Bonchev–Trinajstić information content (AvgIpc) is 2.80. The Bertz CT molecular complexity index is 950. The van der Waals surface area contributed by atoms with E-state index in [9.17, 15) is 13.2 Å². The Morgan fingerprint density at radius 3 is 2.19 bits per heavy atom. The standard InChI is InChI=1S/C15H16Cl3N3O4S/c1-5-21(26(23,24)13-8(2)19-20(3)14(13)18)15(22)9-6-10(16)12(25-4)11(17)7-9/h6-7H,5H2,1-4H3. The van der Waals surface area contributed by atoms with Crippen molar-refractivity contribution < 1.29 is 17.9 Å². The van der Waals surface area contributed by atoms with Crippen LogP contribution in [0, 0.1) is 6.92 Å². The number of amides is 1. The zero-order valence-electron chi connectivity index (χ0n) is 14.4. The number of nitrogens with zero attached hydrogens (tertiary/aromatic N) is 3. The van der Waals surface area contributed by atoms with Crippen LogP contribution < -0.4 is 4.74 Å². The normalized spacial score (nSPS) is 11.5. The number of ether oxygens (including phenoxy) is 1. The molecule has 1 amide bonds. The molecular formula is C15H16Cl3N3O4S. The quantitative estimate of drug-likeness (QED) is 0.710. The fourth-order valence-electron chi connectivity index (χ4n) is 2.46. The maximum Gasteiger partial charge on any atom is 0.271 e. The second-order valence-corrected chi connectivity index (χ2v) is 8.25. The van der Waals surface area contributed by atoms with Crippen molar-refractivity contribution in [2.45, 2.75) is 18.7 Å². The van der Waals surface area contributed by atoms with Gasteiger partial charge in [0, 0.05) is 19.2 Å². The smallest absolute Gasteiger partial charge is 0.271 e. The van der Waals surface area contributed by atoms with Crippen molar-refractivity contribution in [1.82, 2.24) is 14.1 Å². The van der Waals surface area contributed by atoms with Crippen LogP contribution in [0.2, 0.25) is 15.2 Å². The minimum absolute atomic E-state index is 0.00360. The molecule has 11 heteroatoms. The second-order valence-electron chi connectivity index (χ2n) is 5.28. The first-order valence-corrected chi connectivity index (χ1v) is 9.92. The van der Waals surface area contributed by atoms with Crippen LogP contribution in [0.15, 0.2) is 17.0 Å². The number of hydrogen-bond donors (Lipinski definition) is 0. The highest BCUT2D eigenvalue weighted by Gasteiger charge is 2.34. The summed E-state index contributed by atoms with van der Waals surface area (Å²) in [4.78, 5) is 12.6. The highest BCUT2D eigenvalue weighted by molar-refractivity contribution is 7.89. The summed E-state index contributed by atoms with van der Waals surface area (Å²) in [5.41, 5.74) is 0.193. The lowest BCUT2D eigenvalue weighted by Gasteiger charge is -2.21. The van der Waals surface area contributed by atoms with Crippen LogP contribution in [0.3, 0.4) is 0 Å². The zero-order chi connectivity index (χ0) is 19.8. The average molecular weight is 441 g/mol. The molecular weight excluding hydrogens is 425 g/mol. The maximum absolute atomic E-state index is 13.0. The van der Waals surface area contributed by atoms with Gasteiger partial charge in [0.05, 0.1) is 22.8 Å². The molecule has 0 bridgehead atoms. The van der Waals surface area contributed by atoms with E-state index in [1.54, 1.807) is 0 Å². The summed E-state index contributed by atoms with van der Waals surface area (Å²) in [6, 6.07) is 2.59. The molecule has 0 fully saturated rings. The van der Waals surface area contributed by atoms with E-state index < -0.39 is 15.9 Å². The Labute approximate surface area is 166 Å². The number of benzene rings is 1. The second kappa shape index (κ2) is 7.64. The van der Waals surface area contributed by atoms with Crippen LogP contribution in [0.25, 0.3) is 0 Å². The number of aromatic nitrogens is 2. The summed E-state index contributed by atoms with van der Waals surface area (Å²) in [5, 5.41) is 4.08. The molecule has 26 heavy (non-hydrogen) atoms. The number of rotatable bonds is 5. The van der Waals surface area contributed by atoms with Gasteiger partial charge in [-0.25, -0.2) is 12.7 Å². The van der Waals surface area contributed by atoms with E-state index in [1.165, 1.54) is 44.8 Å². The van der Waals surface area contributed by atoms with E-state index in [2.05, 4.69) is 5.10 Å². The fourth-order valence-corrected chi connectivity index (χ4v) is 5.21. The number of aryl methyl sites for hydroxylation is 2. The topological polar surface area (TPSA) is 81.5 Å². The van der Waals surface area contributed by atoms with Crippen molar-refractivity contribution in [3.8, 4) is 5.75 Å². The zero-order valence-corrected chi connectivity index (χ0v) is 17.5. The van der Waals surface area contributed by atoms with Crippen molar-refractivity contribution in [3.63, 3.8) is 0 Å². The van der Waals surface area contributed by atoms with Gasteiger partial charge in [-0.1, -0.05) is 34.8 Å². The monoisotopic (exact) mass is 439 g/mol. The van der Waals surface area contributed by atoms with E-state index in [4.69, 9.17) is 39.5 Å². The minimum atomic E-state index is -4.23. The van der Waals surface area contributed by atoms with Crippen LogP contribution in [0.1, 0.15) is 23.0 Å². The third kappa shape index (κ3) is 3.51. The molecule has 0 radical (unpaired) electrons. The molecule has 1 heterocycles. The molecule has 142 valence electrons. The predicted molar refractivity (Wildman–Crippen MR) is 99.9 cm³/mol. The Kier molecular flexibility index (Phi) is 6.12. The van der Waals surface area contributed by atoms with Crippen LogP contribution in [0.5, 0.6) is 5.75 Å². The molecule has 0 atom stereocenters. The van der Waals surface area contributed by atoms with Crippen molar-refractivity contribution in [3.05, 3.63) is 38.6 Å². The lowest BCUT2D eigenvalue weighted by Crippen LogP contribution is -2.37. The molecule has 0 aliphatic carbocycles. The molecule has 0 aliphatic heterocycles. The summed E-state index contributed by atoms with van der Waals surface area (Å²) in [7, 11) is -1.34. The van der Waals surface area contributed by atoms with E-state index in [0.29, 0.717) is 4.31 Å². The molecule has 1 aromatic carbocycles. The van der Waals surface area contributed by atoms with Gasteiger partial charge in [-0.3, -0.25) is 9.48 Å². The summed E-state index contributed by atoms with van der Waals surface area (Å²) < 4.78 is 33.0. The molecule has 0 spiro atoms. The first-order valence-electron chi connectivity index (χ1n) is 7.35. The number of methoxy groups -OCH3 is 1. The number of halogens is 3. The molecule has 1 aromatic heterocycles. The van der Waals surface area contributed by atoms with E-state index in [1.807, 2.05) is 0 Å². The first-order chi connectivity index (χ1) is 12.1. The van der Waals surface area contributed by atoms with E-state index in [0.717, 1.165) is 0 Å². The highest BCUT2D eigenvalue weighted by Crippen LogP contribution is 2.35. The number of hydrogen-bond acceptors (Lipinski definition) is 5. The van der Waals surface area contributed by atoms with Crippen molar-refractivity contribution in [2.24, 2.45) is 7.05 Å². The summed E-state index contributed by atoms with van der Waals surface area (Å²) in [6.45, 7) is 2.91. The Morgan fingerprint density at radius 2 is 1.81 bits per heavy atom. The molecule has 0 saturated heterocycles. The predicted octanol–water partition coefficient (Wildman–Crippen LogP) is 3.55. The first kappa shape index (κ1) is 20.8. The van der Waals surface area contributed by atoms with Crippen LogP contribution in [-0.4, -0.2) is 42.1 Å². The van der Waals surface area contributed by atoms with Crippen LogP contribution in [-0.2, 0) is 17.1 Å². The molecule has 0 unspecified atom stereocenters. The van der Waals surface area contributed by atoms with Gasteiger partial charge in [0.2, 0.25) is 0 Å². The fraction of sp³-hybridized carbons (Fsp3) is 0.333. The van der Waals surface area contributed by atoms with Gasteiger partial charge in [-0.05, 0) is 26.0 Å². The van der Waals surface area contributed by atoms with Gasteiger partial charge < -0.3 is 4.74 Å². The molecule has 0 N–H and O–H groups in total. The Hall–Kier alpha value is -1.48. The Morgan fingerprint density at radius 1 is 1.27 bits per heavy atom. The Balaban J connectivity index is 2.56. The SMILES string of the molecule is CCN(C(=O)c1cc(Cl)c(OC)c(Cl)c1)S(=O)(=O)c1c(C)nn(C)c1Cl. The van der Waals surface area contributed by atoms with Crippen LogP contribution >= 0.6 is 34.8 Å². The summed E-state index contributed by atoms with van der Waals surface area (Å²) in [5.74, 6) is -0.597. The highest BCUT2D eigenvalue weighted by atomic mass is 35.5. The van der Waals surface area contributed by atoms with Crippen LogP contribution in [0.4, 0.5) is 0 Å². The van der Waals surface area contributed by atoms with Gasteiger partial charge in [-0.15, -0.1) is 0 Å². The third-order valence-electron chi connectivity index (χ3n) is 3.61. The van der Waals surface area contributed by atoms with Gasteiger partial charge in [0.15, 0.2) is 5.75 Å². The third-order valence-corrected chi connectivity index (χ3v) is 6.73. The summed E-state index contributed by atoms with van der Waals surface area (Å²) >= 11 is 18.2. The van der Waals surface area contributed by atoms with Gasteiger partial charge in [0.25, 0.3) is 15.9 Å². The van der Waals surface area contributed by atoms with Gasteiger partial charge in [0.1, 0.15) is 10.0 Å². The van der Waals surface area contributed by atoms with Crippen molar-refractivity contribution in [2.75, 3.05) is 13.7 Å². The van der Waals surface area contributed by atoms with E-state index >= 15 is 0 Å². The molecule has 2 aromatic rings. The van der Waals surface area contributed by atoms with E-state index in [-0.39, 0.29) is 43.6 Å². The number of carbonyl (C=O) groups is 1. The molecule has 7 nitrogen and oxygen atoms in total. The lowest BCUT2D eigenvalue weighted by atomic mass is 10.2. The maximum atomic E-state index is 13.0. The number of carbonyl (C=O) groups excluding carboxylic acids is 1. The number of sulfonamides is 1. The summed E-state index contributed by atoms with van der Waals surface area (Å²) in [6.07, 6.45) is 0.